The monoisotopic (exact) mass is 494 g/mol. The van der Waals surface area contributed by atoms with E-state index in [0.717, 1.165) is 51.4 Å². The Hall–Kier alpha value is -1.47. The molecule has 0 aromatic heterocycles. The first-order valence-corrected chi connectivity index (χ1v) is 13.7. The largest absolute Gasteiger partial charge is 0.484 e. The molecule has 6 heteroatoms. The smallest absolute Gasteiger partial charge is 0.170 e. The average Bonchev–Trinajstić information content (AvgIpc) is 2.88. The second-order valence-electron chi connectivity index (χ2n) is 9.15. The van der Waals surface area contributed by atoms with E-state index in [1.54, 1.807) is 12.1 Å². The third-order valence-corrected chi connectivity index (χ3v) is 6.10. The van der Waals surface area contributed by atoms with Crippen LogP contribution in [0.25, 0.3) is 5.83 Å². The van der Waals surface area contributed by atoms with Gasteiger partial charge in [0.1, 0.15) is 18.3 Å². The molecule has 0 unspecified atom stereocenters. The average molecular weight is 495 g/mol. The summed E-state index contributed by atoms with van der Waals surface area (Å²) in [5.74, 6) is -0.227. The minimum Gasteiger partial charge on any atom is -0.484 e. The van der Waals surface area contributed by atoms with Gasteiger partial charge in [0.2, 0.25) is 0 Å². The van der Waals surface area contributed by atoms with E-state index in [-0.39, 0.29) is 5.76 Å². The van der Waals surface area contributed by atoms with Crippen molar-refractivity contribution in [3.8, 4) is 0 Å². The molecule has 1 saturated heterocycles. The summed E-state index contributed by atoms with van der Waals surface area (Å²) >= 11 is 0. The summed E-state index contributed by atoms with van der Waals surface area (Å²) in [4.78, 5) is 0. The Morgan fingerprint density at radius 3 is 1.89 bits per heavy atom. The fraction of sp³-hybridized carbons (Fsp3) is 0.724. The van der Waals surface area contributed by atoms with E-state index >= 15 is 4.39 Å². The van der Waals surface area contributed by atoms with E-state index in [0.29, 0.717) is 38.6 Å². The highest BCUT2D eigenvalue weighted by Gasteiger charge is 2.47. The predicted molar refractivity (Wildman–Crippen MR) is 139 cm³/mol. The molecular weight excluding hydrogens is 447 g/mol. The van der Waals surface area contributed by atoms with Crippen molar-refractivity contribution in [2.75, 3.05) is 33.0 Å². The molecule has 0 radical (unpaired) electrons. The van der Waals surface area contributed by atoms with E-state index in [2.05, 4.69) is 27.7 Å². The molecule has 1 aromatic carbocycles. The fourth-order valence-corrected chi connectivity index (χ4v) is 3.95. The second-order valence-corrected chi connectivity index (χ2v) is 9.15. The van der Waals surface area contributed by atoms with Crippen molar-refractivity contribution in [1.82, 2.24) is 0 Å². The predicted octanol–water partition coefficient (Wildman–Crippen LogP) is 7.10. The van der Waals surface area contributed by atoms with Crippen LogP contribution >= 0.6 is 0 Å². The molecule has 200 valence electrons. The topological polar surface area (TPSA) is 46.2 Å². The molecule has 2 rings (SSSR count). The van der Waals surface area contributed by atoms with Crippen LogP contribution in [0, 0.1) is 0 Å². The first kappa shape index (κ1) is 29.8. The molecule has 1 heterocycles. The molecule has 0 amide bonds. The van der Waals surface area contributed by atoms with Crippen molar-refractivity contribution in [1.29, 1.82) is 0 Å². The first-order chi connectivity index (χ1) is 17.2. The Labute approximate surface area is 212 Å². The van der Waals surface area contributed by atoms with E-state index in [1.807, 2.05) is 18.2 Å². The van der Waals surface area contributed by atoms with Crippen molar-refractivity contribution < 1.29 is 28.1 Å². The van der Waals surface area contributed by atoms with E-state index in [9.17, 15) is 0 Å². The molecule has 1 aromatic rings. The van der Waals surface area contributed by atoms with Crippen molar-refractivity contribution >= 4 is 5.83 Å². The van der Waals surface area contributed by atoms with Gasteiger partial charge in [-0.1, -0.05) is 83.7 Å². The second kappa shape index (κ2) is 17.9. The van der Waals surface area contributed by atoms with Crippen molar-refractivity contribution in [2.24, 2.45) is 0 Å². The van der Waals surface area contributed by atoms with Gasteiger partial charge in [-0.25, -0.2) is 4.39 Å². The van der Waals surface area contributed by atoms with Gasteiger partial charge in [-0.15, -0.1) is 0 Å². The Kier molecular flexibility index (Phi) is 15.2. The number of ether oxygens (including phenoxy) is 5. The van der Waals surface area contributed by atoms with Crippen LogP contribution in [-0.2, 0) is 23.7 Å². The van der Waals surface area contributed by atoms with Gasteiger partial charge in [-0.05, 0) is 25.7 Å². The number of rotatable bonds is 18. The highest BCUT2D eigenvalue weighted by molar-refractivity contribution is 5.62. The molecule has 0 bridgehead atoms. The van der Waals surface area contributed by atoms with E-state index in [4.69, 9.17) is 23.7 Å². The Balaban J connectivity index is 2.43. The van der Waals surface area contributed by atoms with E-state index in [1.165, 1.54) is 0 Å². The first-order valence-electron chi connectivity index (χ1n) is 13.7. The standard InChI is InChI=1S/C29H47FO5/c1-5-9-18-31-22-24-26(32-19-10-6-2)28(33-20-11-7-3)29(34-21-12-8-4)27(35-24)25(30)23-16-14-13-15-17-23/h13-17,24,26,28-29H,5-12,18-22H2,1-4H3/t24-,26-,28+,29+/m1/s1. The van der Waals surface area contributed by atoms with Crippen LogP contribution in [0.3, 0.4) is 0 Å². The Morgan fingerprint density at radius 2 is 1.29 bits per heavy atom. The maximum atomic E-state index is 15.9. The molecule has 5 nitrogen and oxygen atoms in total. The van der Waals surface area contributed by atoms with Gasteiger partial charge < -0.3 is 23.7 Å². The van der Waals surface area contributed by atoms with Crippen LogP contribution in [0.15, 0.2) is 36.1 Å². The number of hydrogen-bond donors (Lipinski definition) is 0. The molecule has 1 aliphatic rings. The lowest BCUT2D eigenvalue weighted by Crippen LogP contribution is -2.57. The summed E-state index contributed by atoms with van der Waals surface area (Å²) in [7, 11) is 0. The zero-order valence-electron chi connectivity index (χ0n) is 22.3. The van der Waals surface area contributed by atoms with Crippen LogP contribution in [0.2, 0.25) is 0 Å². The molecule has 4 atom stereocenters. The third-order valence-electron chi connectivity index (χ3n) is 6.10. The minimum atomic E-state index is -0.683. The molecule has 0 saturated carbocycles. The Morgan fingerprint density at radius 1 is 0.743 bits per heavy atom. The highest BCUT2D eigenvalue weighted by Crippen LogP contribution is 2.36. The minimum absolute atomic E-state index is 0.188. The van der Waals surface area contributed by atoms with Crippen LogP contribution in [0.5, 0.6) is 0 Å². The molecule has 0 aliphatic carbocycles. The summed E-state index contributed by atoms with van der Waals surface area (Å²) in [5.41, 5.74) is 0.468. The molecule has 0 N–H and O–H groups in total. The zero-order chi connectivity index (χ0) is 25.3. The number of benzene rings is 1. The van der Waals surface area contributed by atoms with Crippen LogP contribution in [0.1, 0.15) is 84.6 Å². The number of unbranched alkanes of at least 4 members (excludes halogenated alkanes) is 4. The summed E-state index contributed by atoms with van der Waals surface area (Å²) in [6, 6.07) is 9.01. The van der Waals surface area contributed by atoms with Crippen LogP contribution < -0.4 is 0 Å². The van der Waals surface area contributed by atoms with Gasteiger partial charge in [-0.3, -0.25) is 0 Å². The van der Waals surface area contributed by atoms with Gasteiger partial charge in [0, 0.05) is 32.0 Å². The van der Waals surface area contributed by atoms with Crippen molar-refractivity contribution in [3.05, 3.63) is 41.7 Å². The van der Waals surface area contributed by atoms with E-state index < -0.39 is 30.2 Å². The van der Waals surface area contributed by atoms with Gasteiger partial charge in [0.25, 0.3) is 0 Å². The number of halogens is 1. The molecule has 0 spiro atoms. The molecule has 1 aliphatic heterocycles. The Bertz CT molecular complexity index is 696. The van der Waals surface area contributed by atoms with Crippen molar-refractivity contribution in [2.45, 2.75) is 103 Å². The van der Waals surface area contributed by atoms with Crippen molar-refractivity contribution in [3.63, 3.8) is 0 Å². The van der Waals surface area contributed by atoms with Gasteiger partial charge in [-0.2, -0.15) is 0 Å². The summed E-state index contributed by atoms with van der Waals surface area (Å²) in [5, 5.41) is 0. The molecular formula is C29H47FO5. The number of hydrogen-bond acceptors (Lipinski definition) is 5. The quantitative estimate of drug-likeness (QED) is 0.204. The summed E-state index contributed by atoms with van der Waals surface area (Å²) in [6.45, 7) is 11.1. The maximum absolute atomic E-state index is 15.9. The maximum Gasteiger partial charge on any atom is 0.170 e. The summed E-state index contributed by atoms with van der Waals surface area (Å²) < 4.78 is 47.3. The molecule has 35 heavy (non-hydrogen) atoms. The van der Waals surface area contributed by atoms with Crippen LogP contribution in [-0.4, -0.2) is 57.5 Å². The lowest BCUT2D eigenvalue weighted by molar-refractivity contribution is -0.215. The van der Waals surface area contributed by atoms with Gasteiger partial charge in [0.05, 0.1) is 6.61 Å². The van der Waals surface area contributed by atoms with Gasteiger partial charge >= 0.3 is 0 Å². The van der Waals surface area contributed by atoms with Crippen LogP contribution in [0.4, 0.5) is 4.39 Å². The zero-order valence-corrected chi connectivity index (χ0v) is 22.3. The highest BCUT2D eigenvalue weighted by atomic mass is 19.1. The van der Waals surface area contributed by atoms with Gasteiger partial charge in [0.15, 0.2) is 17.7 Å². The fourth-order valence-electron chi connectivity index (χ4n) is 3.95. The normalized spacial score (nSPS) is 23.8. The third kappa shape index (κ3) is 9.83. The molecule has 1 fully saturated rings. The SMILES string of the molecule is CCCCOC[C@H]1OC(=C(F)c2ccccc2)[C@H](OCCCC)[C@@H](OCCCC)[C@@H]1OCCCC. The summed E-state index contributed by atoms with van der Waals surface area (Å²) in [6.07, 6.45) is 5.72. The lowest BCUT2D eigenvalue weighted by atomic mass is 9.95. The lowest BCUT2D eigenvalue weighted by Gasteiger charge is -2.43.